The number of halogens is 3. The van der Waals surface area contributed by atoms with E-state index in [1.54, 1.807) is 23.4 Å². The van der Waals surface area contributed by atoms with Gasteiger partial charge in [0, 0.05) is 43.2 Å². The topological polar surface area (TPSA) is 68.4 Å². The molecule has 0 radical (unpaired) electrons. The van der Waals surface area contributed by atoms with Crippen LogP contribution in [0.5, 0.6) is 0 Å². The number of benzene rings is 1. The van der Waals surface area contributed by atoms with Crippen LogP contribution in [0.3, 0.4) is 0 Å². The summed E-state index contributed by atoms with van der Waals surface area (Å²) in [5, 5.41) is -0.293. The normalized spacial score (nSPS) is 19.4. The van der Waals surface area contributed by atoms with E-state index in [0.29, 0.717) is 17.3 Å². The number of methoxy groups -OCH3 is 1. The van der Waals surface area contributed by atoms with E-state index in [1.807, 2.05) is 0 Å². The smallest absolute Gasteiger partial charge is 0.248 e. The maximum Gasteiger partial charge on any atom is 0.248 e. The minimum absolute atomic E-state index is 0.0195. The Hall–Kier alpha value is -2.25. The highest BCUT2D eigenvalue weighted by Gasteiger charge is 2.51. The number of rotatable bonds is 4. The molecule has 3 rings (SSSR count). The van der Waals surface area contributed by atoms with Crippen molar-refractivity contribution in [2.24, 2.45) is 5.73 Å². The van der Waals surface area contributed by atoms with Gasteiger partial charge in [0.1, 0.15) is 18.4 Å². The molecular formula is C16H14ClF2N3O2. The molecule has 1 aliphatic rings. The number of pyridine rings is 1. The lowest BCUT2D eigenvalue weighted by molar-refractivity contribution is -0.123. The van der Waals surface area contributed by atoms with E-state index < -0.39 is 23.1 Å². The van der Waals surface area contributed by atoms with Gasteiger partial charge in [0.05, 0.1) is 5.02 Å². The van der Waals surface area contributed by atoms with Crippen molar-refractivity contribution in [2.45, 2.75) is 12.0 Å². The van der Waals surface area contributed by atoms with Gasteiger partial charge < -0.3 is 15.4 Å². The number of fused-ring (bicyclic) bond motifs is 1. The van der Waals surface area contributed by atoms with Crippen molar-refractivity contribution in [3.63, 3.8) is 0 Å². The van der Waals surface area contributed by atoms with Crippen LogP contribution in [0.4, 0.5) is 14.5 Å². The molecule has 2 aromatic rings. The molecule has 2 heterocycles. The van der Waals surface area contributed by atoms with Crippen LogP contribution in [0.1, 0.15) is 11.1 Å². The first-order valence-corrected chi connectivity index (χ1v) is 7.44. The van der Waals surface area contributed by atoms with Crippen LogP contribution in [0.2, 0.25) is 5.02 Å². The van der Waals surface area contributed by atoms with Gasteiger partial charge in [-0.15, -0.1) is 0 Å². The number of ether oxygens (including phenoxy) is 1. The lowest BCUT2D eigenvalue weighted by Crippen LogP contribution is -2.55. The Bertz CT molecular complexity index is 818. The molecule has 1 amide bonds. The van der Waals surface area contributed by atoms with Crippen molar-refractivity contribution in [1.82, 2.24) is 4.98 Å². The first-order valence-electron chi connectivity index (χ1n) is 7.06. The summed E-state index contributed by atoms with van der Waals surface area (Å²) in [5.41, 5.74) is 5.33. The highest BCUT2D eigenvalue weighted by Crippen LogP contribution is 2.46. The van der Waals surface area contributed by atoms with Gasteiger partial charge in [-0.25, -0.2) is 8.78 Å². The van der Waals surface area contributed by atoms with Gasteiger partial charge in [-0.1, -0.05) is 11.6 Å². The molecule has 0 saturated carbocycles. The Morgan fingerprint density at radius 1 is 1.46 bits per heavy atom. The minimum atomic E-state index is -1.58. The monoisotopic (exact) mass is 353 g/mol. The molecule has 2 N–H and O–H groups in total. The molecular weight excluding hydrogens is 340 g/mol. The molecule has 0 bridgehead atoms. The first-order chi connectivity index (χ1) is 11.4. The quantitative estimate of drug-likeness (QED) is 0.857. The maximum atomic E-state index is 14.5. The Labute approximate surface area is 142 Å². The van der Waals surface area contributed by atoms with Crippen LogP contribution in [0.15, 0.2) is 30.6 Å². The largest absolute Gasteiger partial charge is 0.367 e. The lowest BCUT2D eigenvalue weighted by atomic mass is 9.85. The molecule has 0 fully saturated rings. The predicted molar refractivity (Wildman–Crippen MR) is 84.5 cm³/mol. The Balaban J connectivity index is 2.27. The molecule has 5 nitrogen and oxygen atoms in total. The molecule has 126 valence electrons. The predicted octanol–water partition coefficient (Wildman–Crippen LogP) is 2.36. The van der Waals surface area contributed by atoms with Crippen LogP contribution in [-0.4, -0.2) is 24.7 Å². The SMILES string of the molecule is COCN1c2ccncc2CC1(C(N)=O)c1cc(Cl)c(F)cc1F. The third kappa shape index (κ3) is 2.32. The summed E-state index contributed by atoms with van der Waals surface area (Å²) < 4.78 is 33.3. The lowest BCUT2D eigenvalue weighted by Gasteiger charge is -2.37. The summed E-state index contributed by atoms with van der Waals surface area (Å²) >= 11 is 5.81. The summed E-state index contributed by atoms with van der Waals surface area (Å²) in [5.74, 6) is -2.61. The van der Waals surface area contributed by atoms with E-state index in [4.69, 9.17) is 22.1 Å². The third-order valence-electron chi connectivity index (χ3n) is 4.20. The number of hydrogen-bond acceptors (Lipinski definition) is 4. The zero-order chi connectivity index (χ0) is 17.5. The second-order valence-electron chi connectivity index (χ2n) is 5.50. The number of nitrogens with zero attached hydrogens (tertiary/aromatic N) is 2. The fraction of sp³-hybridized carbons (Fsp3) is 0.250. The van der Waals surface area contributed by atoms with E-state index in [0.717, 1.165) is 6.07 Å². The number of carbonyl (C=O) groups is 1. The summed E-state index contributed by atoms with van der Waals surface area (Å²) in [4.78, 5) is 18.0. The molecule has 1 aromatic carbocycles. The fourth-order valence-corrected chi connectivity index (χ4v) is 3.30. The zero-order valence-electron chi connectivity index (χ0n) is 12.7. The molecule has 1 aromatic heterocycles. The average molecular weight is 354 g/mol. The maximum absolute atomic E-state index is 14.5. The van der Waals surface area contributed by atoms with Crippen LogP contribution in [-0.2, 0) is 21.5 Å². The van der Waals surface area contributed by atoms with Gasteiger partial charge in [-0.2, -0.15) is 0 Å². The summed E-state index contributed by atoms with van der Waals surface area (Å²) in [6.45, 7) is -0.0195. The Kier molecular flexibility index (Phi) is 4.15. The van der Waals surface area contributed by atoms with Crippen molar-refractivity contribution in [2.75, 3.05) is 18.7 Å². The van der Waals surface area contributed by atoms with Crippen LogP contribution in [0, 0.1) is 11.6 Å². The zero-order valence-corrected chi connectivity index (χ0v) is 13.5. The summed E-state index contributed by atoms with van der Waals surface area (Å²) in [6, 6.07) is 3.43. The van der Waals surface area contributed by atoms with Gasteiger partial charge in [0.2, 0.25) is 5.91 Å². The molecule has 1 atom stereocenters. The van der Waals surface area contributed by atoms with E-state index in [9.17, 15) is 13.6 Å². The van der Waals surface area contributed by atoms with Crippen LogP contribution < -0.4 is 10.6 Å². The van der Waals surface area contributed by atoms with E-state index >= 15 is 0 Å². The van der Waals surface area contributed by atoms with E-state index in [1.165, 1.54) is 7.11 Å². The molecule has 0 saturated heterocycles. The fourth-order valence-electron chi connectivity index (χ4n) is 3.14. The Morgan fingerprint density at radius 3 is 2.88 bits per heavy atom. The second-order valence-corrected chi connectivity index (χ2v) is 5.90. The number of anilines is 1. The van der Waals surface area contributed by atoms with Gasteiger partial charge in [-0.05, 0) is 17.7 Å². The van der Waals surface area contributed by atoms with Crippen molar-refractivity contribution >= 4 is 23.2 Å². The average Bonchev–Trinajstić information content (AvgIpc) is 2.87. The number of hydrogen-bond donors (Lipinski definition) is 1. The standard InChI is InChI=1S/C16H14ClF2N3O2/c1-24-8-22-14-2-3-21-7-9(14)6-16(22,15(20)23)10-4-11(17)13(19)5-12(10)18/h2-5,7H,6,8H2,1H3,(H2,20,23). The first kappa shape index (κ1) is 16.6. The molecule has 0 spiro atoms. The number of amides is 1. The second kappa shape index (κ2) is 5.99. The molecule has 8 heteroatoms. The molecule has 1 aliphatic heterocycles. The number of carbonyl (C=O) groups excluding carboxylic acids is 1. The molecule has 0 aliphatic carbocycles. The minimum Gasteiger partial charge on any atom is -0.367 e. The van der Waals surface area contributed by atoms with Crippen molar-refractivity contribution in [3.8, 4) is 0 Å². The van der Waals surface area contributed by atoms with Crippen molar-refractivity contribution in [3.05, 3.63) is 58.4 Å². The number of nitrogens with two attached hydrogens (primary N) is 1. The van der Waals surface area contributed by atoms with Crippen LogP contribution >= 0.6 is 11.6 Å². The van der Waals surface area contributed by atoms with Crippen LogP contribution in [0.25, 0.3) is 0 Å². The molecule has 24 heavy (non-hydrogen) atoms. The highest BCUT2D eigenvalue weighted by atomic mass is 35.5. The van der Waals surface area contributed by atoms with Crippen molar-refractivity contribution in [1.29, 1.82) is 0 Å². The van der Waals surface area contributed by atoms with Gasteiger partial charge >= 0.3 is 0 Å². The number of aromatic nitrogens is 1. The number of primary amides is 1. The van der Waals surface area contributed by atoms with Gasteiger partial charge in [-0.3, -0.25) is 9.78 Å². The van der Waals surface area contributed by atoms with Crippen molar-refractivity contribution < 1.29 is 18.3 Å². The Morgan fingerprint density at radius 2 is 2.21 bits per heavy atom. The molecule has 1 unspecified atom stereocenters. The highest BCUT2D eigenvalue weighted by molar-refractivity contribution is 6.30. The van der Waals surface area contributed by atoms with Gasteiger partial charge in [0.15, 0.2) is 5.54 Å². The summed E-state index contributed by atoms with van der Waals surface area (Å²) in [6.07, 6.45) is 3.20. The van der Waals surface area contributed by atoms with E-state index in [-0.39, 0.29) is 23.7 Å². The summed E-state index contributed by atoms with van der Waals surface area (Å²) in [7, 11) is 1.44. The van der Waals surface area contributed by atoms with Gasteiger partial charge in [0.25, 0.3) is 0 Å². The van der Waals surface area contributed by atoms with E-state index in [2.05, 4.69) is 4.98 Å². The third-order valence-corrected chi connectivity index (χ3v) is 4.49.